The largest absolute Gasteiger partial charge is 0.457 e. The van der Waals surface area contributed by atoms with Crippen molar-refractivity contribution in [2.75, 3.05) is 0 Å². The van der Waals surface area contributed by atoms with Crippen molar-refractivity contribution in [3.05, 3.63) is 98.4 Å². The van der Waals surface area contributed by atoms with Crippen molar-refractivity contribution in [3.8, 4) is 0 Å². The Morgan fingerprint density at radius 1 is 1.12 bits per heavy atom. The molecule has 2 aromatic carbocycles. The molecule has 7 nitrogen and oxygen atoms in total. The molecule has 0 unspecified atom stereocenters. The van der Waals surface area contributed by atoms with Crippen LogP contribution in [0.1, 0.15) is 50.7 Å². The molecule has 0 amide bonds. The van der Waals surface area contributed by atoms with Crippen molar-refractivity contribution >= 4 is 17.4 Å². The predicted molar refractivity (Wildman–Crippen MR) is 123 cm³/mol. The predicted octanol–water partition coefficient (Wildman–Crippen LogP) is 4.94. The van der Waals surface area contributed by atoms with Crippen molar-refractivity contribution in [2.24, 2.45) is 5.41 Å². The maximum atomic E-state index is 13.3. The number of esters is 1. The number of para-hydroxylation sites is 1. The maximum Gasteiger partial charge on any atom is 0.337 e. The molecule has 33 heavy (non-hydrogen) atoms. The number of Topliss-reactive ketones (excluding diaryl/α,β-unsaturated/α-hetero) is 1. The molecular formula is C26H26N2O5. The summed E-state index contributed by atoms with van der Waals surface area (Å²) in [7, 11) is 0. The Balaban J connectivity index is 1.81. The fourth-order valence-corrected chi connectivity index (χ4v) is 4.72. The molecule has 1 aliphatic carbocycles. The maximum absolute atomic E-state index is 13.3. The number of nitro groups is 1. The average molecular weight is 447 g/mol. The Labute approximate surface area is 192 Å². The summed E-state index contributed by atoms with van der Waals surface area (Å²) >= 11 is 0. The van der Waals surface area contributed by atoms with Gasteiger partial charge in [0.05, 0.1) is 16.4 Å². The van der Waals surface area contributed by atoms with Gasteiger partial charge >= 0.3 is 5.97 Å². The highest BCUT2D eigenvalue weighted by Gasteiger charge is 2.44. The van der Waals surface area contributed by atoms with E-state index in [9.17, 15) is 19.7 Å². The van der Waals surface area contributed by atoms with Gasteiger partial charge in [0.1, 0.15) is 6.61 Å². The van der Waals surface area contributed by atoms with E-state index in [1.54, 1.807) is 25.1 Å². The molecule has 2 aromatic rings. The number of carbonyl (C=O) groups excluding carboxylic acids is 2. The molecule has 0 fully saturated rings. The van der Waals surface area contributed by atoms with Gasteiger partial charge < -0.3 is 10.1 Å². The summed E-state index contributed by atoms with van der Waals surface area (Å²) in [5.74, 6) is -1.58. The third kappa shape index (κ3) is 4.44. The lowest BCUT2D eigenvalue weighted by molar-refractivity contribution is -0.385. The summed E-state index contributed by atoms with van der Waals surface area (Å²) in [6, 6.07) is 15.6. The lowest BCUT2D eigenvalue weighted by Crippen LogP contribution is -2.38. The number of nitro benzene ring substituents is 1. The van der Waals surface area contributed by atoms with Crippen LogP contribution in [0.3, 0.4) is 0 Å². The second kappa shape index (κ2) is 8.65. The van der Waals surface area contributed by atoms with Crippen molar-refractivity contribution < 1.29 is 19.2 Å². The van der Waals surface area contributed by atoms with E-state index in [1.807, 2.05) is 44.2 Å². The van der Waals surface area contributed by atoms with Gasteiger partial charge in [0.25, 0.3) is 5.69 Å². The summed E-state index contributed by atoms with van der Waals surface area (Å²) < 4.78 is 5.61. The minimum Gasteiger partial charge on any atom is -0.457 e. The number of carbonyl (C=O) groups is 2. The van der Waals surface area contributed by atoms with Gasteiger partial charge in [-0.3, -0.25) is 14.9 Å². The van der Waals surface area contributed by atoms with Crippen molar-refractivity contribution in [1.29, 1.82) is 0 Å². The molecule has 0 bridgehead atoms. The van der Waals surface area contributed by atoms with Crippen LogP contribution in [0, 0.1) is 15.5 Å². The second-order valence-electron chi connectivity index (χ2n) is 9.31. The van der Waals surface area contributed by atoms with Gasteiger partial charge in [-0.1, -0.05) is 62.4 Å². The van der Waals surface area contributed by atoms with Crippen LogP contribution in [-0.2, 0) is 20.9 Å². The number of hydrogen-bond donors (Lipinski definition) is 1. The summed E-state index contributed by atoms with van der Waals surface area (Å²) in [6.07, 6.45) is 0.908. The van der Waals surface area contributed by atoms with Crippen molar-refractivity contribution in [3.63, 3.8) is 0 Å². The number of allylic oxidation sites excluding steroid dienone is 3. The minimum atomic E-state index is -0.866. The molecule has 170 valence electrons. The molecule has 0 radical (unpaired) electrons. The Kier molecular flexibility index (Phi) is 5.89. The first-order valence-corrected chi connectivity index (χ1v) is 10.9. The van der Waals surface area contributed by atoms with Gasteiger partial charge in [0.2, 0.25) is 0 Å². The number of ether oxygens (including phenoxy) is 1. The van der Waals surface area contributed by atoms with E-state index in [-0.39, 0.29) is 29.1 Å². The van der Waals surface area contributed by atoms with Gasteiger partial charge in [-0.05, 0) is 24.3 Å². The highest BCUT2D eigenvalue weighted by Crippen LogP contribution is 2.48. The number of nitrogens with one attached hydrogen (secondary N) is 1. The highest BCUT2D eigenvalue weighted by atomic mass is 16.6. The number of nitrogens with zero attached hydrogens (tertiary/aromatic N) is 1. The van der Waals surface area contributed by atoms with Crippen molar-refractivity contribution in [2.45, 2.75) is 46.1 Å². The molecule has 1 aliphatic heterocycles. The monoisotopic (exact) mass is 446 g/mol. The van der Waals surface area contributed by atoms with E-state index in [2.05, 4.69) is 5.32 Å². The van der Waals surface area contributed by atoms with E-state index in [4.69, 9.17) is 4.74 Å². The number of ketones is 1. The third-order valence-corrected chi connectivity index (χ3v) is 6.12. The Bertz CT molecular complexity index is 1190. The zero-order chi connectivity index (χ0) is 23.8. The van der Waals surface area contributed by atoms with Crippen molar-refractivity contribution in [1.82, 2.24) is 5.32 Å². The third-order valence-electron chi connectivity index (χ3n) is 6.12. The molecule has 4 rings (SSSR count). The lowest BCUT2D eigenvalue weighted by Gasteiger charge is -2.39. The molecule has 0 saturated heterocycles. The molecule has 1 atom stereocenters. The molecule has 0 aromatic heterocycles. The van der Waals surface area contributed by atoms with Gasteiger partial charge in [-0.2, -0.15) is 0 Å². The average Bonchev–Trinajstić information content (AvgIpc) is 2.76. The van der Waals surface area contributed by atoms with Crippen LogP contribution in [0.25, 0.3) is 0 Å². The van der Waals surface area contributed by atoms with Crippen LogP contribution in [0.4, 0.5) is 5.69 Å². The van der Waals surface area contributed by atoms with Crippen LogP contribution < -0.4 is 5.32 Å². The fourth-order valence-electron chi connectivity index (χ4n) is 4.72. The number of dihydropyridines is 1. The lowest BCUT2D eigenvalue weighted by atomic mass is 9.68. The van der Waals surface area contributed by atoms with E-state index in [1.165, 1.54) is 6.07 Å². The first-order chi connectivity index (χ1) is 15.7. The topological polar surface area (TPSA) is 98.5 Å². The smallest absolute Gasteiger partial charge is 0.337 e. The number of hydrogen-bond acceptors (Lipinski definition) is 6. The molecule has 0 spiro atoms. The summed E-state index contributed by atoms with van der Waals surface area (Å²) in [4.78, 5) is 38.0. The summed E-state index contributed by atoms with van der Waals surface area (Å²) in [5.41, 5.74) is 2.67. The molecule has 1 N–H and O–H groups in total. The van der Waals surface area contributed by atoms with Gasteiger partial charge in [-0.15, -0.1) is 0 Å². The summed E-state index contributed by atoms with van der Waals surface area (Å²) in [6.45, 7) is 5.84. The van der Waals surface area contributed by atoms with E-state index in [0.717, 1.165) is 11.3 Å². The van der Waals surface area contributed by atoms with Crippen LogP contribution in [0.15, 0.2) is 77.1 Å². The first kappa shape index (κ1) is 22.5. The molecule has 1 heterocycles. The van der Waals surface area contributed by atoms with Crippen LogP contribution in [0.5, 0.6) is 0 Å². The number of benzene rings is 2. The van der Waals surface area contributed by atoms with Crippen LogP contribution in [-0.4, -0.2) is 16.7 Å². The van der Waals surface area contributed by atoms with Gasteiger partial charge in [0.15, 0.2) is 5.78 Å². The van der Waals surface area contributed by atoms with Gasteiger partial charge in [0, 0.05) is 35.0 Å². The fraction of sp³-hybridized carbons (Fsp3) is 0.308. The van der Waals surface area contributed by atoms with E-state index >= 15 is 0 Å². The number of rotatable bonds is 5. The van der Waals surface area contributed by atoms with E-state index in [0.29, 0.717) is 29.7 Å². The molecular weight excluding hydrogens is 420 g/mol. The Morgan fingerprint density at radius 3 is 2.48 bits per heavy atom. The Hall–Kier alpha value is -3.74. The minimum absolute atomic E-state index is 0.0624. The SMILES string of the molecule is CC1=C(C(=O)OCc2ccccc2)[C@H](c2ccccc2[N+](=O)[O-])C2=C(CC(C)(C)CC2=O)N1. The highest BCUT2D eigenvalue weighted by molar-refractivity contribution is 6.04. The molecule has 7 heteroatoms. The standard InChI is InChI=1S/C26H26N2O5/c1-16-22(25(30)33-15-17-9-5-4-6-10-17)23(18-11-7-8-12-20(18)28(31)32)24-19(27-16)13-26(2,3)14-21(24)29/h4-12,23,27H,13-15H2,1-3H3/t23-/m0/s1. The normalized spacial score (nSPS) is 19.6. The van der Waals surface area contributed by atoms with Crippen LogP contribution in [0.2, 0.25) is 0 Å². The van der Waals surface area contributed by atoms with Gasteiger partial charge in [-0.25, -0.2) is 4.79 Å². The molecule has 2 aliphatic rings. The van der Waals surface area contributed by atoms with E-state index < -0.39 is 16.8 Å². The zero-order valence-electron chi connectivity index (χ0n) is 18.9. The zero-order valence-corrected chi connectivity index (χ0v) is 18.9. The Morgan fingerprint density at radius 2 is 1.79 bits per heavy atom. The second-order valence-corrected chi connectivity index (χ2v) is 9.31. The van der Waals surface area contributed by atoms with Crippen LogP contribution >= 0.6 is 0 Å². The quantitative estimate of drug-likeness (QED) is 0.397. The summed E-state index contributed by atoms with van der Waals surface area (Å²) in [5, 5.41) is 15.1. The first-order valence-electron chi connectivity index (χ1n) is 10.9. The molecule has 0 saturated carbocycles.